The van der Waals surface area contributed by atoms with Gasteiger partial charge in [-0.3, -0.25) is 4.79 Å². The zero-order chi connectivity index (χ0) is 20.9. The van der Waals surface area contributed by atoms with E-state index < -0.39 is 17.7 Å². The van der Waals surface area contributed by atoms with Crippen LogP contribution < -0.4 is 4.74 Å². The molecule has 0 aromatic heterocycles. The lowest BCUT2D eigenvalue weighted by Gasteiger charge is -2.20. The molecule has 3 nitrogen and oxygen atoms in total. The highest BCUT2D eigenvalue weighted by Gasteiger charge is 2.34. The van der Waals surface area contributed by atoms with Gasteiger partial charge in [0, 0.05) is 6.42 Å². The Morgan fingerprint density at radius 2 is 1.79 bits per heavy atom. The largest absolute Gasteiger partial charge is 0.489 e. The molecule has 160 valence electrons. The molecule has 0 saturated heterocycles. The fraction of sp³-hybridized carbons (Fsp3) is 0.609. The summed E-state index contributed by atoms with van der Waals surface area (Å²) in [6, 6.07) is 3.89. The molecule has 6 heteroatoms. The van der Waals surface area contributed by atoms with Gasteiger partial charge < -0.3 is 9.84 Å². The fourth-order valence-electron chi connectivity index (χ4n) is 4.64. The number of carboxylic acid groups (broad SMARTS) is 1. The molecule has 3 rings (SSSR count). The second kappa shape index (κ2) is 9.68. The third kappa shape index (κ3) is 6.00. The quantitative estimate of drug-likeness (QED) is 0.518. The Hall–Kier alpha value is -1.98. The Balaban J connectivity index is 1.77. The Kier molecular flexibility index (Phi) is 7.25. The van der Waals surface area contributed by atoms with Crippen LogP contribution in [0.1, 0.15) is 75.3 Å². The Morgan fingerprint density at radius 1 is 1.07 bits per heavy atom. The molecular weight excluding hydrogens is 381 g/mol. The number of hydrogen-bond acceptors (Lipinski definition) is 2. The van der Waals surface area contributed by atoms with E-state index in [4.69, 9.17) is 9.84 Å². The molecule has 0 unspecified atom stereocenters. The molecule has 2 aliphatic carbocycles. The molecule has 0 radical (unpaired) electrons. The Bertz CT molecular complexity index is 746. The van der Waals surface area contributed by atoms with E-state index in [2.05, 4.69) is 0 Å². The molecular formula is C23H29F3O3. The molecule has 1 aromatic carbocycles. The molecule has 1 aromatic rings. The number of allylic oxidation sites excluding steroid dienone is 1. The molecule has 0 aliphatic heterocycles. The van der Waals surface area contributed by atoms with Crippen LogP contribution in [-0.2, 0) is 17.4 Å². The van der Waals surface area contributed by atoms with Gasteiger partial charge in [0.25, 0.3) is 0 Å². The third-order valence-corrected chi connectivity index (χ3v) is 6.13. The first-order valence-electron chi connectivity index (χ1n) is 10.6. The Labute approximate surface area is 170 Å². The smallest absolute Gasteiger partial charge is 0.416 e. The Morgan fingerprint density at radius 3 is 2.48 bits per heavy atom. The molecule has 0 bridgehead atoms. The average molecular weight is 410 g/mol. The van der Waals surface area contributed by atoms with E-state index in [0.29, 0.717) is 12.5 Å². The first-order chi connectivity index (χ1) is 13.8. The van der Waals surface area contributed by atoms with E-state index in [1.165, 1.54) is 61.8 Å². The molecule has 0 atom stereocenters. The molecule has 0 spiro atoms. The molecule has 1 N–H and O–H groups in total. The van der Waals surface area contributed by atoms with Gasteiger partial charge in [0.15, 0.2) is 0 Å². The zero-order valence-corrected chi connectivity index (χ0v) is 16.7. The lowest BCUT2D eigenvalue weighted by molar-refractivity contribution is -0.140. The monoisotopic (exact) mass is 410 g/mol. The summed E-state index contributed by atoms with van der Waals surface area (Å²) in [5.74, 6) is -0.298. The van der Waals surface area contributed by atoms with Gasteiger partial charge in [-0.1, -0.05) is 30.9 Å². The predicted molar refractivity (Wildman–Crippen MR) is 105 cm³/mol. The number of aryl methyl sites for hydroxylation is 1. The van der Waals surface area contributed by atoms with E-state index in [0.717, 1.165) is 25.3 Å². The van der Waals surface area contributed by atoms with Crippen molar-refractivity contribution in [2.45, 2.75) is 76.8 Å². The number of carbonyl (C=O) groups is 1. The van der Waals surface area contributed by atoms with Gasteiger partial charge in [-0.25, -0.2) is 0 Å². The van der Waals surface area contributed by atoms with Crippen molar-refractivity contribution in [1.82, 2.24) is 0 Å². The standard InChI is InChI=1S/C23H29F3O3/c24-23(25,26)21-14-19(12-10-17(21)11-13-22(27)28)29-15-18-8-2-1-3-9-20(18)16-6-4-5-7-16/h10,12,14,16H,1-9,11,13,15H2,(H,27,28). The number of halogens is 3. The molecule has 1 saturated carbocycles. The number of alkyl halides is 3. The predicted octanol–water partition coefficient (Wildman–Crippen LogP) is 6.55. The number of aliphatic carboxylic acids is 1. The van der Waals surface area contributed by atoms with Crippen molar-refractivity contribution >= 4 is 5.97 Å². The van der Waals surface area contributed by atoms with Crippen molar-refractivity contribution in [2.75, 3.05) is 6.61 Å². The van der Waals surface area contributed by atoms with Crippen LogP contribution in [0.4, 0.5) is 13.2 Å². The summed E-state index contributed by atoms with van der Waals surface area (Å²) < 4.78 is 46.2. The number of ether oxygens (including phenoxy) is 1. The van der Waals surface area contributed by atoms with E-state index in [-0.39, 0.29) is 24.2 Å². The van der Waals surface area contributed by atoms with Crippen LogP contribution in [0.5, 0.6) is 5.75 Å². The van der Waals surface area contributed by atoms with Gasteiger partial charge in [0.05, 0.1) is 5.56 Å². The van der Waals surface area contributed by atoms with E-state index in [1.807, 2.05) is 0 Å². The molecule has 0 amide bonds. The van der Waals surface area contributed by atoms with Crippen molar-refractivity contribution < 1.29 is 27.8 Å². The topological polar surface area (TPSA) is 46.5 Å². The number of carboxylic acids is 1. The summed E-state index contributed by atoms with van der Waals surface area (Å²) >= 11 is 0. The van der Waals surface area contributed by atoms with Crippen molar-refractivity contribution in [3.8, 4) is 5.75 Å². The van der Waals surface area contributed by atoms with Crippen molar-refractivity contribution in [1.29, 1.82) is 0 Å². The fourth-order valence-corrected chi connectivity index (χ4v) is 4.64. The highest BCUT2D eigenvalue weighted by atomic mass is 19.4. The minimum Gasteiger partial charge on any atom is -0.489 e. The maximum absolute atomic E-state index is 13.5. The van der Waals surface area contributed by atoms with Gasteiger partial charge in [-0.15, -0.1) is 0 Å². The number of rotatable bonds is 7. The van der Waals surface area contributed by atoms with Crippen LogP contribution in [0.25, 0.3) is 0 Å². The van der Waals surface area contributed by atoms with Crippen LogP contribution in [-0.4, -0.2) is 17.7 Å². The van der Waals surface area contributed by atoms with Crippen LogP contribution in [0.2, 0.25) is 0 Å². The SMILES string of the molecule is O=C(O)CCc1ccc(OCC2=C(C3CCCC3)CCCCC2)cc1C(F)(F)F. The van der Waals surface area contributed by atoms with Crippen LogP contribution in [0.3, 0.4) is 0 Å². The van der Waals surface area contributed by atoms with Crippen molar-refractivity contribution in [3.63, 3.8) is 0 Å². The number of hydrogen-bond donors (Lipinski definition) is 1. The zero-order valence-electron chi connectivity index (χ0n) is 16.7. The minimum atomic E-state index is -4.54. The molecule has 1 fully saturated rings. The van der Waals surface area contributed by atoms with Crippen molar-refractivity contribution in [2.24, 2.45) is 5.92 Å². The van der Waals surface area contributed by atoms with Gasteiger partial charge in [0.2, 0.25) is 0 Å². The van der Waals surface area contributed by atoms with E-state index in [9.17, 15) is 18.0 Å². The maximum atomic E-state index is 13.5. The van der Waals surface area contributed by atoms with Crippen LogP contribution >= 0.6 is 0 Å². The second-order valence-electron chi connectivity index (χ2n) is 8.17. The van der Waals surface area contributed by atoms with Gasteiger partial charge >= 0.3 is 12.1 Å². The minimum absolute atomic E-state index is 0.00687. The van der Waals surface area contributed by atoms with E-state index in [1.54, 1.807) is 0 Å². The van der Waals surface area contributed by atoms with E-state index >= 15 is 0 Å². The lowest BCUT2D eigenvalue weighted by atomic mass is 9.89. The second-order valence-corrected chi connectivity index (χ2v) is 8.17. The summed E-state index contributed by atoms with van der Waals surface area (Å²) in [5.41, 5.74) is 1.96. The summed E-state index contributed by atoms with van der Waals surface area (Å²) in [6.07, 6.45) is 5.47. The normalized spacial score (nSPS) is 18.7. The summed E-state index contributed by atoms with van der Waals surface area (Å²) in [6.45, 7) is 0.345. The van der Waals surface area contributed by atoms with Crippen LogP contribution in [0, 0.1) is 5.92 Å². The third-order valence-electron chi connectivity index (χ3n) is 6.13. The highest BCUT2D eigenvalue weighted by Crippen LogP contribution is 2.39. The number of benzene rings is 1. The van der Waals surface area contributed by atoms with Crippen molar-refractivity contribution in [3.05, 3.63) is 40.5 Å². The summed E-state index contributed by atoms with van der Waals surface area (Å²) in [4.78, 5) is 10.7. The molecule has 2 aliphatic rings. The van der Waals surface area contributed by atoms with Gasteiger partial charge in [0.1, 0.15) is 12.4 Å². The molecule has 0 heterocycles. The molecule has 29 heavy (non-hydrogen) atoms. The van der Waals surface area contributed by atoms with Gasteiger partial charge in [-0.05, 0) is 74.1 Å². The average Bonchev–Trinajstić information content (AvgIpc) is 3.10. The summed E-state index contributed by atoms with van der Waals surface area (Å²) in [7, 11) is 0. The lowest BCUT2D eigenvalue weighted by Crippen LogP contribution is -2.12. The maximum Gasteiger partial charge on any atom is 0.416 e. The van der Waals surface area contributed by atoms with Gasteiger partial charge in [-0.2, -0.15) is 13.2 Å². The summed E-state index contributed by atoms with van der Waals surface area (Å²) in [5, 5.41) is 8.78. The van der Waals surface area contributed by atoms with Crippen LogP contribution in [0.15, 0.2) is 29.3 Å². The first kappa shape index (κ1) is 21.7. The highest BCUT2D eigenvalue weighted by molar-refractivity contribution is 5.67. The first-order valence-corrected chi connectivity index (χ1v) is 10.6.